The summed E-state index contributed by atoms with van der Waals surface area (Å²) in [6.45, 7) is 1.87. The first-order valence-corrected chi connectivity index (χ1v) is 14.7. The zero-order chi connectivity index (χ0) is 27.4. The maximum atomic E-state index is 13.7. The third-order valence-corrected chi connectivity index (χ3v) is 9.44. The molecule has 2 atom stereocenters. The Hall–Kier alpha value is -3.53. The van der Waals surface area contributed by atoms with Crippen molar-refractivity contribution in [1.82, 2.24) is 15.5 Å². The number of carboxylic acid groups (broad SMARTS) is 1. The van der Waals surface area contributed by atoms with E-state index in [0.29, 0.717) is 23.0 Å². The van der Waals surface area contributed by atoms with Gasteiger partial charge in [0.15, 0.2) is 0 Å². The normalized spacial score (nSPS) is 18.8. The lowest BCUT2D eigenvalue weighted by atomic mass is 9.76. The summed E-state index contributed by atoms with van der Waals surface area (Å²) in [4.78, 5) is 39.3. The van der Waals surface area contributed by atoms with Crippen LogP contribution in [0.2, 0.25) is 0 Å². The van der Waals surface area contributed by atoms with E-state index in [2.05, 4.69) is 10.6 Å². The number of nitrogens with one attached hydrogen (secondary N) is 2. The first kappa shape index (κ1) is 27.1. The van der Waals surface area contributed by atoms with Crippen LogP contribution in [-0.2, 0) is 19.9 Å². The summed E-state index contributed by atoms with van der Waals surface area (Å²) in [6.07, 6.45) is 0. The molecule has 0 aliphatic carbocycles. The van der Waals surface area contributed by atoms with Crippen molar-refractivity contribution >= 4 is 41.3 Å². The highest BCUT2D eigenvalue weighted by molar-refractivity contribution is 8.06. The summed E-state index contributed by atoms with van der Waals surface area (Å²) in [5.74, 6) is -0.508. The van der Waals surface area contributed by atoms with E-state index in [4.69, 9.17) is 0 Å². The van der Waals surface area contributed by atoms with Gasteiger partial charge < -0.3 is 10.4 Å². The summed E-state index contributed by atoms with van der Waals surface area (Å²) >= 11 is 2.93. The van der Waals surface area contributed by atoms with Gasteiger partial charge in [0.25, 0.3) is 0 Å². The second kappa shape index (κ2) is 11.7. The van der Waals surface area contributed by atoms with Crippen LogP contribution in [-0.4, -0.2) is 57.3 Å². The number of carbonyl (C=O) groups excluding carboxylic acids is 2. The van der Waals surface area contributed by atoms with E-state index in [0.717, 1.165) is 16.7 Å². The summed E-state index contributed by atoms with van der Waals surface area (Å²) in [5, 5.41) is 16.2. The van der Waals surface area contributed by atoms with Crippen molar-refractivity contribution in [2.24, 2.45) is 0 Å². The van der Waals surface area contributed by atoms with Crippen molar-refractivity contribution < 1.29 is 19.5 Å². The van der Waals surface area contributed by atoms with Gasteiger partial charge in [0.05, 0.1) is 5.54 Å². The fraction of sp³-hybridized carbons (Fsp3) is 0.233. The van der Waals surface area contributed by atoms with Crippen molar-refractivity contribution in [1.29, 1.82) is 0 Å². The molecule has 1 saturated heterocycles. The standard InChI is InChI=1S/C30H29N3O4S2/c1-20(34)31-17-18-38-24-19-39-28-25(27(35)33(28)26(24)29(36)37)32-30(21-11-5-2-6-12-21,22-13-7-3-8-14-22)23-15-9-4-10-16-23/h2-16,25,28,32H,17-19H2,1H3,(H,31,34)(H,36,37)/t25-,28+/m1/s1. The lowest BCUT2D eigenvalue weighted by molar-refractivity contribution is -0.149. The molecule has 1 fully saturated rings. The third kappa shape index (κ3) is 5.22. The van der Waals surface area contributed by atoms with Crippen LogP contribution in [0.25, 0.3) is 0 Å². The molecule has 3 aromatic rings. The Morgan fingerprint density at radius 2 is 1.46 bits per heavy atom. The van der Waals surface area contributed by atoms with Crippen molar-refractivity contribution in [2.45, 2.75) is 23.9 Å². The fourth-order valence-electron chi connectivity index (χ4n) is 5.15. The summed E-state index contributed by atoms with van der Waals surface area (Å²) in [6, 6.07) is 29.5. The Morgan fingerprint density at radius 3 is 1.92 bits per heavy atom. The smallest absolute Gasteiger partial charge is 0.353 e. The second-order valence-corrected chi connectivity index (χ2v) is 11.6. The molecule has 39 heavy (non-hydrogen) atoms. The van der Waals surface area contributed by atoms with E-state index in [1.165, 1.54) is 23.6 Å². The van der Waals surface area contributed by atoms with Crippen LogP contribution < -0.4 is 10.6 Å². The SMILES string of the molecule is CC(=O)NCCSC1=C(C(=O)O)N2C(=O)[C@@H](NC(c3ccccc3)(c3ccccc3)c3ccccc3)[C@@H]2SC1. The van der Waals surface area contributed by atoms with Gasteiger partial charge >= 0.3 is 5.97 Å². The van der Waals surface area contributed by atoms with Gasteiger partial charge in [-0.05, 0) is 16.7 Å². The van der Waals surface area contributed by atoms with Crippen molar-refractivity contribution in [3.63, 3.8) is 0 Å². The number of carbonyl (C=O) groups is 3. The number of aliphatic carboxylic acids is 1. The number of nitrogens with zero attached hydrogens (tertiary/aromatic N) is 1. The van der Waals surface area contributed by atoms with Crippen LogP contribution in [0.3, 0.4) is 0 Å². The number of hydrogen-bond donors (Lipinski definition) is 3. The van der Waals surface area contributed by atoms with E-state index in [-0.39, 0.29) is 22.9 Å². The van der Waals surface area contributed by atoms with Crippen LogP contribution in [0.15, 0.2) is 102 Å². The van der Waals surface area contributed by atoms with E-state index in [1.807, 2.05) is 91.0 Å². The highest BCUT2D eigenvalue weighted by Crippen LogP contribution is 2.46. The number of β-lactam (4-membered cyclic amide) rings is 1. The molecule has 5 rings (SSSR count). The molecule has 0 spiro atoms. The van der Waals surface area contributed by atoms with Crippen molar-refractivity contribution in [3.8, 4) is 0 Å². The molecule has 0 radical (unpaired) electrons. The first-order chi connectivity index (χ1) is 18.9. The van der Waals surface area contributed by atoms with Crippen molar-refractivity contribution in [3.05, 3.63) is 118 Å². The van der Waals surface area contributed by atoms with E-state index >= 15 is 0 Å². The first-order valence-electron chi connectivity index (χ1n) is 12.7. The minimum atomic E-state index is -1.12. The second-order valence-electron chi connectivity index (χ2n) is 9.29. The molecule has 2 aliphatic heterocycles. The average molecular weight is 560 g/mol. The number of hydrogen-bond acceptors (Lipinski definition) is 6. The molecule has 9 heteroatoms. The van der Waals surface area contributed by atoms with Gasteiger partial charge in [0.1, 0.15) is 17.1 Å². The minimum absolute atomic E-state index is 0.0411. The zero-order valence-electron chi connectivity index (χ0n) is 21.4. The molecule has 0 bridgehead atoms. The minimum Gasteiger partial charge on any atom is -0.477 e. The molecule has 0 saturated carbocycles. The highest BCUT2D eigenvalue weighted by atomic mass is 32.2. The molecular weight excluding hydrogens is 530 g/mol. The number of fused-ring (bicyclic) bond motifs is 1. The Morgan fingerprint density at radius 1 is 0.949 bits per heavy atom. The molecule has 200 valence electrons. The molecule has 7 nitrogen and oxygen atoms in total. The molecule has 3 aromatic carbocycles. The van der Waals surface area contributed by atoms with Crippen LogP contribution >= 0.6 is 23.5 Å². The van der Waals surface area contributed by atoms with Crippen LogP contribution in [0, 0.1) is 0 Å². The average Bonchev–Trinajstić information content (AvgIpc) is 2.96. The molecule has 3 N–H and O–H groups in total. The zero-order valence-corrected chi connectivity index (χ0v) is 23.0. The number of thioether (sulfide) groups is 2. The number of amides is 2. The monoisotopic (exact) mass is 559 g/mol. The van der Waals surface area contributed by atoms with Crippen LogP contribution in [0.4, 0.5) is 0 Å². The maximum Gasteiger partial charge on any atom is 0.353 e. The molecule has 2 heterocycles. The summed E-state index contributed by atoms with van der Waals surface area (Å²) in [7, 11) is 0. The Bertz CT molecular complexity index is 1290. The Labute approximate surface area is 236 Å². The lowest BCUT2D eigenvalue weighted by Crippen LogP contribution is -2.72. The predicted molar refractivity (Wildman–Crippen MR) is 155 cm³/mol. The van der Waals surface area contributed by atoms with Gasteiger partial charge in [-0.15, -0.1) is 23.5 Å². The topological polar surface area (TPSA) is 98.7 Å². The largest absolute Gasteiger partial charge is 0.477 e. The molecule has 2 amide bonds. The van der Waals surface area contributed by atoms with Gasteiger partial charge in [-0.3, -0.25) is 19.8 Å². The van der Waals surface area contributed by atoms with Gasteiger partial charge in [-0.25, -0.2) is 4.79 Å². The van der Waals surface area contributed by atoms with Crippen molar-refractivity contribution in [2.75, 3.05) is 18.1 Å². The van der Waals surface area contributed by atoms with Crippen LogP contribution in [0.5, 0.6) is 0 Å². The predicted octanol–water partition coefficient (Wildman–Crippen LogP) is 4.02. The fourth-order valence-corrected chi connectivity index (χ4v) is 7.65. The van der Waals surface area contributed by atoms with Gasteiger partial charge in [0.2, 0.25) is 11.8 Å². The van der Waals surface area contributed by atoms with Gasteiger partial charge in [-0.1, -0.05) is 91.0 Å². The molecule has 2 aliphatic rings. The molecular formula is C30H29N3O4S2. The third-order valence-electron chi connectivity index (χ3n) is 6.88. The number of carboxylic acids is 1. The van der Waals surface area contributed by atoms with Gasteiger partial charge in [0, 0.05) is 29.9 Å². The number of rotatable bonds is 10. The van der Waals surface area contributed by atoms with Crippen LogP contribution in [0.1, 0.15) is 23.6 Å². The Kier molecular flexibility index (Phi) is 8.11. The van der Waals surface area contributed by atoms with E-state index in [1.54, 1.807) is 11.8 Å². The Balaban J connectivity index is 1.51. The molecule has 0 aromatic heterocycles. The van der Waals surface area contributed by atoms with E-state index < -0.39 is 17.6 Å². The number of benzene rings is 3. The summed E-state index contributed by atoms with van der Waals surface area (Å²) < 4.78 is 0. The quantitative estimate of drug-likeness (QED) is 0.196. The maximum absolute atomic E-state index is 13.7. The van der Waals surface area contributed by atoms with Gasteiger partial charge in [-0.2, -0.15) is 0 Å². The van der Waals surface area contributed by atoms with E-state index in [9.17, 15) is 19.5 Å². The highest BCUT2D eigenvalue weighted by Gasteiger charge is 2.56. The molecule has 0 unspecified atom stereocenters. The summed E-state index contributed by atoms with van der Waals surface area (Å²) in [5.41, 5.74) is 2.16. The lowest BCUT2D eigenvalue weighted by Gasteiger charge is -2.53.